The van der Waals surface area contributed by atoms with Crippen molar-refractivity contribution in [3.63, 3.8) is 0 Å². The van der Waals surface area contributed by atoms with Gasteiger partial charge in [0.05, 0.1) is 7.11 Å². The van der Waals surface area contributed by atoms with E-state index in [2.05, 4.69) is 18.3 Å². The zero-order valence-corrected chi connectivity index (χ0v) is 10.8. The molecule has 3 nitrogen and oxygen atoms in total. The highest BCUT2D eigenvalue weighted by atomic mass is 16.5. The van der Waals surface area contributed by atoms with E-state index in [-0.39, 0.29) is 6.61 Å². The van der Waals surface area contributed by atoms with E-state index in [1.807, 2.05) is 18.2 Å². The molecule has 0 saturated carbocycles. The largest absolute Gasteiger partial charge is 0.496 e. The van der Waals surface area contributed by atoms with Gasteiger partial charge in [0, 0.05) is 18.7 Å². The van der Waals surface area contributed by atoms with Crippen LogP contribution in [-0.4, -0.2) is 25.4 Å². The van der Waals surface area contributed by atoms with Gasteiger partial charge in [-0.3, -0.25) is 0 Å². The monoisotopic (exact) mass is 237 g/mol. The quantitative estimate of drug-likeness (QED) is 0.728. The molecule has 3 heteroatoms. The SMILES string of the molecule is CCC(CCO)CNCc1ccccc1OC. The van der Waals surface area contributed by atoms with Crippen molar-refractivity contribution in [2.45, 2.75) is 26.3 Å². The molecule has 0 aromatic heterocycles. The van der Waals surface area contributed by atoms with Gasteiger partial charge in [0.1, 0.15) is 5.75 Å². The minimum Gasteiger partial charge on any atom is -0.496 e. The van der Waals surface area contributed by atoms with Crippen molar-refractivity contribution in [3.05, 3.63) is 29.8 Å². The fourth-order valence-corrected chi connectivity index (χ4v) is 1.89. The summed E-state index contributed by atoms with van der Waals surface area (Å²) in [6.45, 7) is 4.18. The molecule has 0 heterocycles. The van der Waals surface area contributed by atoms with E-state index < -0.39 is 0 Å². The van der Waals surface area contributed by atoms with Crippen LogP contribution in [0.25, 0.3) is 0 Å². The van der Waals surface area contributed by atoms with Crippen molar-refractivity contribution in [2.75, 3.05) is 20.3 Å². The van der Waals surface area contributed by atoms with E-state index in [1.165, 1.54) is 5.56 Å². The minimum absolute atomic E-state index is 0.273. The van der Waals surface area contributed by atoms with Gasteiger partial charge in [0.25, 0.3) is 0 Å². The standard InChI is InChI=1S/C14H23NO2/c1-3-12(8-9-16)10-15-11-13-6-4-5-7-14(13)17-2/h4-7,12,15-16H,3,8-11H2,1-2H3. The van der Waals surface area contributed by atoms with Crippen molar-refractivity contribution >= 4 is 0 Å². The normalized spacial score (nSPS) is 12.4. The Morgan fingerprint density at radius 3 is 2.76 bits per heavy atom. The second-order valence-corrected chi connectivity index (χ2v) is 4.23. The summed E-state index contributed by atoms with van der Waals surface area (Å²) in [4.78, 5) is 0. The van der Waals surface area contributed by atoms with E-state index in [1.54, 1.807) is 7.11 Å². The molecule has 0 spiro atoms. The summed E-state index contributed by atoms with van der Waals surface area (Å²) in [5.74, 6) is 1.48. The van der Waals surface area contributed by atoms with Gasteiger partial charge in [0.2, 0.25) is 0 Å². The Morgan fingerprint density at radius 2 is 2.12 bits per heavy atom. The lowest BCUT2D eigenvalue weighted by Crippen LogP contribution is -2.23. The third kappa shape index (κ3) is 4.75. The average molecular weight is 237 g/mol. The summed E-state index contributed by atoms with van der Waals surface area (Å²) in [6.07, 6.45) is 1.97. The topological polar surface area (TPSA) is 41.5 Å². The van der Waals surface area contributed by atoms with Gasteiger partial charge in [-0.05, 0) is 24.9 Å². The van der Waals surface area contributed by atoms with Gasteiger partial charge in [-0.1, -0.05) is 31.5 Å². The number of aliphatic hydroxyl groups excluding tert-OH is 1. The summed E-state index contributed by atoms with van der Waals surface area (Å²) in [7, 11) is 1.69. The lowest BCUT2D eigenvalue weighted by Gasteiger charge is -2.15. The van der Waals surface area contributed by atoms with Gasteiger partial charge < -0.3 is 15.2 Å². The molecule has 0 amide bonds. The average Bonchev–Trinajstić information content (AvgIpc) is 2.38. The lowest BCUT2D eigenvalue weighted by molar-refractivity contribution is 0.251. The number of benzene rings is 1. The van der Waals surface area contributed by atoms with Crippen LogP contribution in [0.5, 0.6) is 5.75 Å². The Labute approximate surface area is 104 Å². The molecule has 1 aromatic rings. The Hall–Kier alpha value is -1.06. The Kier molecular flexibility index (Phi) is 6.67. The number of para-hydroxylation sites is 1. The Balaban J connectivity index is 2.39. The predicted octanol–water partition coefficient (Wildman–Crippen LogP) is 2.19. The first-order chi connectivity index (χ1) is 8.31. The van der Waals surface area contributed by atoms with E-state index in [9.17, 15) is 0 Å². The number of hydrogen-bond donors (Lipinski definition) is 2. The summed E-state index contributed by atoms with van der Waals surface area (Å²) >= 11 is 0. The number of hydrogen-bond acceptors (Lipinski definition) is 3. The minimum atomic E-state index is 0.273. The number of rotatable bonds is 8. The van der Waals surface area contributed by atoms with E-state index in [4.69, 9.17) is 9.84 Å². The van der Waals surface area contributed by atoms with Gasteiger partial charge in [-0.25, -0.2) is 0 Å². The first-order valence-electron chi connectivity index (χ1n) is 6.25. The molecule has 2 N–H and O–H groups in total. The van der Waals surface area contributed by atoms with Crippen molar-refractivity contribution in [1.29, 1.82) is 0 Å². The van der Waals surface area contributed by atoms with Gasteiger partial charge in [0.15, 0.2) is 0 Å². The molecule has 0 saturated heterocycles. The van der Waals surface area contributed by atoms with E-state index >= 15 is 0 Å². The van der Waals surface area contributed by atoms with Crippen LogP contribution >= 0.6 is 0 Å². The summed E-state index contributed by atoms with van der Waals surface area (Å²) < 4.78 is 5.30. The smallest absolute Gasteiger partial charge is 0.123 e. The van der Waals surface area contributed by atoms with Crippen LogP contribution in [0.2, 0.25) is 0 Å². The molecule has 1 atom stereocenters. The zero-order chi connectivity index (χ0) is 12.5. The van der Waals surface area contributed by atoms with Crippen LogP contribution in [0.15, 0.2) is 24.3 Å². The first-order valence-corrected chi connectivity index (χ1v) is 6.25. The third-order valence-corrected chi connectivity index (χ3v) is 3.06. The van der Waals surface area contributed by atoms with Crippen LogP contribution in [0.3, 0.4) is 0 Å². The lowest BCUT2D eigenvalue weighted by atomic mass is 10.0. The van der Waals surface area contributed by atoms with E-state index in [0.717, 1.165) is 31.7 Å². The van der Waals surface area contributed by atoms with Crippen LogP contribution in [-0.2, 0) is 6.54 Å². The van der Waals surface area contributed by atoms with E-state index in [0.29, 0.717) is 5.92 Å². The van der Waals surface area contributed by atoms with Crippen molar-refractivity contribution in [1.82, 2.24) is 5.32 Å². The Bertz CT molecular complexity index is 315. The highest BCUT2D eigenvalue weighted by Crippen LogP contribution is 2.17. The number of aliphatic hydroxyl groups is 1. The third-order valence-electron chi connectivity index (χ3n) is 3.06. The van der Waals surface area contributed by atoms with Crippen LogP contribution in [0.1, 0.15) is 25.3 Å². The molecule has 0 bridgehead atoms. The molecule has 1 aromatic carbocycles. The zero-order valence-electron chi connectivity index (χ0n) is 10.8. The number of methoxy groups -OCH3 is 1. The maximum Gasteiger partial charge on any atom is 0.123 e. The molecule has 0 aliphatic carbocycles. The van der Waals surface area contributed by atoms with Gasteiger partial charge in [-0.15, -0.1) is 0 Å². The first kappa shape index (κ1) is 14.0. The highest BCUT2D eigenvalue weighted by molar-refractivity contribution is 5.32. The molecule has 0 radical (unpaired) electrons. The fourth-order valence-electron chi connectivity index (χ4n) is 1.89. The summed E-state index contributed by atoms with van der Waals surface area (Å²) in [5, 5.41) is 12.3. The second-order valence-electron chi connectivity index (χ2n) is 4.23. The van der Waals surface area contributed by atoms with Gasteiger partial charge in [-0.2, -0.15) is 0 Å². The molecular weight excluding hydrogens is 214 g/mol. The second kappa shape index (κ2) is 8.09. The maximum atomic E-state index is 8.92. The predicted molar refractivity (Wildman–Crippen MR) is 70.2 cm³/mol. The highest BCUT2D eigenvalue weighted by Gasteiger charge is 2.06. The number of ether oxygens (including phenoxy) is 1. The van der Waals surface area contributed by atoms with Crippen molar-refractivity contribution < 1.29 is 9.84 Å². The molecule has 0 aliphatic rings. The summed E-state index contributed by atoms with van der Waals surface area (Å²) in [5.41, 5.74) is 1.17. The number of nitrogens with one attached hydrogen (secondary N) is 1. The van der Waals surface area contributed by atoms with Crippen LogP contribution in [0, 0.1) is 5.92 Å². The molecule has 1 rings (SSSR count). The van der Waals surface area contributed by atoms with Crippen LogP contribution < -0.4 is 10.1 Å². The molecule has 96 valence electrons. The van der Waals surface area contributed by atoms with Crippen LogP contribution in [0.4, 0.5) is 0 Å². The molecule has 1 unspecified atom stereocenters. The molecule has 0 fully saturated rings. The van der Waals surface area contributed by atoms with Gasteiger partial charge >= 0.3 is 0 Å². The molecule has 17 heavy (non-hydrogen) atoms. The van der Waals surface area contributed by atoms with Crippen molar-refractivity contribution in [3.8, 4) is 5.75 Å². The molecule has 0 aliphatic heterocycles. The Morgan fingerprint density at radius 1 is 1.35 bits per heavy atom. The van der Waals surface area contributed by atoms with Crippen molar-refractivity contribution in [2.24, 2.45) is 5.92 Å². The summed E-state index contributed by atoms with van der Waals surface area (Å²) in [6, 6.07) is 8.04. The fraction of sp³-hybridized carbons (Fsp3) is 0.571. The molecular formula is C14H23NO2. The maximum absolute atomic E-state index is 8.92.